The number of carbonyl (C=O) groups is 2. The summed E-state index contributed by atoms with van der Waals surface area (Å²) in [5.41, 5.74) is 1.75. The molecule has 0 aliphatic rings. The second-order valence-corrected chi connectivity index (χ2v) is 6.33. The third kappa shape index (κ3) is 5.62. The average molecular weight is 355 g/mol. The molecule has 2 rings (SSSR count). The summed E-state index contributed by atoms with van der Waals surface area (Å²) in [7, 11) is 1.54. The molecule has 0 spiro atoms. The summed E-state index contributed by atoms with van der Waals surface area (Å²) >= 11 is 0. The summed E-state index contributed by atoms with van der Waals surface area (Å²) in [6.07, 6.45) is 2.48. The highest BCUT2D eigenvalue weighted by Crippen LogP contribution is 2.19. The van der Waals surface area contributed by atoms with Crippen LogP contribution in [0.15, 0.2) is 54.6 Å². The summed E-state index contributed by atoms with van der Waals surface area (Å²) in [6, 6.07) is 15.7. The number of aliphatic carboxylic acids is 1. The van der Waals surface area contributed by atoms with Gasteiger partial charge in [0.1, 0.15) is 5.75 Å². The average Bonchev–Trinajstić information content (AvgIpc) is 2.66. The molecule has 0 aliphatic heterocycles. The van der Waals surface area contributed by atoms with Gasteiger partial charge in [0, 0.05) is 5.92 Å². The van der Waals surface area contributed by atoms with Crippen LogP contribution in [0.25, 0.3) is 0 Å². The van der Waals surface area contributed by atoms with Gasteiger partial charge in [0.2, 0.25) is 5.91 Å². The van der Waals surface area contributed by atoms with E-state index < -0.39 is 12.0 Å². The van der Waals surface area contributed by atoms with Crippen LogP contribution in [0.3, 0.4) is 0 Å². The summed E-state index contributed by atoms with van der Waals surface area (Å²) in [6.45, 7) is 1.83. The van der Waals surface area contributed by atoms with Crippen molar-refractivity contribution < 1.29 is 19.4 Å². The lowest BCUT2D eigenvalue weighted by Crippen LogP contribution is -2.37. The zero-order chi connectivity index (χ0) is 18.9. The SMILES string of the molecule is COc1ccc(C(NC(=O)C(C)CCCc2ccccc2)C(=O)O)cc1. The molecule has 0 fully saturated rings. The van der Waals surface area contributed by atoms with E-state index in [4.69, 9.17) is 4.74 Å². The number of carboxylic acid groups (broad SMARTS) is 1. The van der Waals surface area contributed by atoms with E-state index in [-0.39, 0.29) is 11.8 Å². The molecule has 2 aromatic rings. The van der Waals surface area contributed by atoms with Crippen LogP contribution in [0.1, 0.15) is 36.9 Å². The molecule has 5 heteroatoms. The zero-order valence-corrected chi connectivity index (χ0v) is 15.1. The van der Waals surface area contributed by atoms with Crippen molar-refractivity contribution in [1.82, 2.24) is 5.32 Å². The zero-order valence-electron chi connectivity index (χ0n) is 15.1. The van der Waals surface area contributed by atoms with Crippen molar-refractivity contribution in [2.75, 3.05) is 7.11 Å². The van der Waals surface area contributed by atoms with Crippen molar-refractivity contribution in [1.29, 1.82) is 0 Å². The monoisotopic (exact) mass is 355 g/mol. The number of carboxylic acids is 1. The van der Waals surface area contributed by atoms with Crippen LogP contribution >= 0.6 is 0 Å². The van der Waals surface area contributed by atoms with E-state index in [0.717, 1.165) is 12.8 Å². The number of nitrogens with one attached hydrogen (secondary N) is 1. The number of hydrogen-bond acceptors (Lipinski definition) is 3. The Morgan fingerprint density at radius 1 is 1.08 bits per heavy atom. The minimum absolute atomic E-state index is 0.249. The molecule has 0 bridgehead atoms. The maximum absolute atomic E-state index is 12.4. The minimum atomic E-state index is -1.08. The van der Waals surface area contributed by atoms with Crippen molar-refractivity contribution in [3.8, 4) is 5.75 Å². The first kappa shape index (κ1) is 19.5. The Kier molecular flexibility index (Phi) is 7.21. The van der Waals surface area contributed by atoms with Gasteiger partial charge in [-0.2, -0.15) is 0 Å². The molecular formula is C21H25NO4. The van der Waals surface area contributed by atoms with Crippen molar-refractivity contribution >= 4 is 11.9 Å². The van der Waals surface area contributed by atoms with Gasteiger partial charge in [-0.15, -0.1) is 0 Å². The molecule has 0 aliphatic carbocycles. The van der Waals surface area contributed by atoms with E-state index in [2.05, 4.69) is 17.4 Å². The number of carbonyl (C=O) groups excluding carboxylic acids is 1. The molecule has 0 heterocycles. The minimum Gasteiger partial charge on any atom is -0.497 e. The van der Waals surface area contributed by atoms with Crippen molar-refractivity contribution in [2.45, 2.75) is 32.2 Å². The van der Waals surface area contributed by atoms with Gasteiger partial charge in [0.15, 0.2) is 6.04 Å². The Balaban J connectivity index is 1.90. The first-order valence-electron chi connectivity index (χ1n) is 8.72. The predicted octanol–water partition coefficient (Wildman–Crippen LogP) is 3.60. The van der Waals surface area contributed by atoms with Crippen LogP contribution in [-0.2, 0) is 16.0 Å². The fraction of sp³-hybridized carbons (Fsp3) is 0.333. The lowest BCUT2D eigenvalue weighted by molar-refractivity contribution is -0.142. The van der Waals surface area contributed by atoms with Crippen molar-refractivity contribution in [3.63, 3.8) is 0 Å². The van der Waals surface area contributed by atoms with Crippen molar-refractivity contribution in [3.05, 3.63) is 65.7 Å². The third-order valence-electron chi connectivity index (χ3n) is 4.38. The molecule has 0 saturated heterocycles. The molecule has 5 nitrogen and oxygen atoms in total. The lowest BCUT2D eigenvalue weighted by Gasteiger charge is -2.18. The second-order valence-electron chi connectivity index (χ2n) is 6.33. The molecule has 0 radical (unpaired) electrons. The molecule has 2 aromatic carbocycles. The third-order valence-corrected chi connectivity index (χ3v) is 4.38. The van der Waals surface area contributed by atoms with Gasteiger partial charge < -0.3 is 15.2 Å². The van der Waals surface area contributed by atoms with Gasteiger partial charge in [0.05, 0.1) is 7.11 Å². The Bertz CT molecular complexity index is 713. The Labute approximate surface area is 154 Å². The van der Waals surface area contributed by atoms with Crippen LogP contribution < -0.4 is 10.1 Å². The number of amides is 1. The summed E-state index contributed by atoms with van der Waals surface area (Å²) in [4.78, 5) is 24.0. The Morgan fingerprint density at radius 3 is 2.31 bits per heavy atom. The van der Waals surface area contributed by atoms with Gasteiger partial charge in [-0.1, -0.05) is 49.4 Å². The largest absolute Gasteiger partial charge is 0.497 e. The fourth-order valence-corrected chi connectivity index (χ4v) is 2.76. The van der Waals surface area contributed by atoms with Gasteiger partial charge >= 0.3 is 5.97 Å². The van der Waals surface area contributed by atoms with E-state index >= 15 is 0 Å². The smallest absolute Gasteiger partial charge is 0.330 e. The van der Waals surface area contributed by atoms with Gasteiger partial charge in [-0.05, 0) is 42.5 Å². The molecule has 2 unspecified atom stereocenters. The molecule has 138 valence electrons. The van der Waals surface area contributed by atoms with Gasteiger partial charge in [-0.3, -0.25) is 4.79 Å². The number of benzene rings is 2. The van der Waals surface area contributed by atoms with E-state index in [1.807, 2.05) is 25.1 Å². The van der Waals surface area contributed by atoms with Crippen LogP contribution in [0.5, 0.6) is 5.75 Å². The normalized spacial score (nSPS) is 12.8. The topological polar surface area (TPSA) is 75.6 Å². The van der Waals surface area contributed by atoms with Crippen LogP contribution in [-0.4, -0.2) is 24.1 Å². The first-order chi connectivity index (χ1) is 12.5. The van der Waals surface area contributed by atoms with Gasteiger partial charge in [0.25, 0.3) is 0 Å². The highest BCUT2D eigenvalue weighted by Gasteiger charge is 2.24. The Hall–Kier alpha value is -2.82. The van der Waals surface area contributed by atoms with Crippen LogP contribution in [0.2, 0.25) is 0 Å². The van der Waals surface area contributed by atoms with E-state index in [9.17, 15) is 14.7 Å². The molecule has 0 aromatic heterocycles. The summed E-state index contributed by atoms with van der Waals surface area (Å²) in [5.74, 6) is -0.946. The predicted molar refractivity (Wildman–Crippen MR) is 100 cm³/mol. The molecule has 2 N–H and O–H groups in total. The quantitative estimate of drug-likeness (QED) is 0.721. The highest BCUT2D eigenvalue weighted by atomic mass is 16.5. The Morgan fingerprint density at radius 2 is 1.73 bits per heavy atom. The molecule has 2 atom stereocenters. The van der Waals surface area contributed by atoms with E-state index in [0.29, 0.717) is 17.7 Å². The summed E-state index contributed by atoms with van der Waals surface area (Å²) < 4.78 is 5.07. The molecule has 1 amide bonds. The lowest BCUT2D eigenvalue weighted by atomic mass is 9.99. The maximum Gasteiger partial charge on any atom is 0.330 e. The standard InChI is InChI=1S/C21H25NO4/c1-15(7-6-10-16-8-4-3-5-9-16)20(23)22-19(21(24)25)17-11-13-18(26-2)14-12-17/h3-5,8-9,11-15,19H,6-7,10H2,1-2H3,(H,22,23)(H,24,25). The molecular weight excluding hydrogens is 330 g/mol. The highest BCUT2D eigenvalue weighted by molar-refractivity contribution is 5.85. The first-order valence-corrected chi connectivity index (χ1v) is 8.72. The van der Waals surface area contributed by atoms with Crippen LogP contribution in [0, 0.1) is 5.92 Å². The number of ether oxygens (including phenoxy) is 1. The maximum atomic E-state index is 12.4. The number of rotatable bonds is 9. The van der Waals surface area contributed by atoms with E-state index in [1.54, 1.807) is 31.4 Å². The number of methoxy groups -OCH3 is 1. The summed E-state index contributed by atoms with van der Waals surface area (Å²) in [5, 5.41) is 12.1. The van der Waals surface area contributed by atoms with Gasteiger partial charge in [-0.25, -0.2) is 4.79 Å². The molecule has 26 heavy (non-hydrogen) atoms. The number of aryl methyl sites for hydroxylation is 1. The number of hydrogen-bond donors (Lipinski definition) is 2. The molecule has 0 saturated carbocycles. The van der Waals surface area contributed by atoms with Crippen LogP contribution in [0.4, 0.5) is 0 Å². The second kappa shape index (κ2) is 9.61. The van der Waals surface area contributed by atoms with E-state index in [1.165, 1.54) is 5.56 Å². The van der Waals surface area contributed by atoms with Crippen molar-refractivity contribution in [2.24, 2.45) is 5.92 Å². The fourth-order valence-electron chi connectivity index (χ4n) is 2.76.